The SMILES string of the molecule is Cc1cnc(N[C@@H](C)c2ccc3nc[nH]c3c2)nc1NC1=NCC(C2CC2)=C1. The maximum absolute atomic E-state index is 4.68. The molecule has 1 aliphatic carbocycles. The van der Waals surface area contributed by atoms with Crippen LogP contribution in [0.5, 0.6) is 0 Å². The smallest absolute Gasteiger partial charge is 0.225 e. The van der Waals surface area contributed by atoms with Crippen LogP contribution in [0.4, 0.5) is 11.8 Å². The van der Waals surface area contributed by atoms with Crippen molar-refractivity contribution in [1.82, 2.24) is 19.9 Å². The summed E-state index contributed by atoms with van der Waals surface area (Å²) >= 11 is 0. The Hall–Kier alpha value is -3.22. The molecule has 1 saturated carbocycles. The van der Waals surface area contributed by atoms with E-state index in [9.17, 15) is 0 Å². The number of aryl methyl sites for hydroxylation is 1. The molecule has 1 aromatic carbocycles. The van der Waals surface area contributed by atoms with Crippen LogP contribution < -0.4 is 10.6 Å². The van der Waals surface area contributed by atoms with Crippen molar-refractivity contribution in [2.45, 2.75) is 32.7 Å². The van der Waals surface area contributed by atoms with Gasteiger partial charge in [-0.25, -0.2) is 9.97 Å². The van der Waals surface area contributed by atoms with E-state index < -0.39 is 0 Å². The zero-order valence-electron chi connectivity index (χ0n) is 16.0. The molecule has 3 N–H and O–H groups in total. The predicted molar refractivity (Wildman–Crippen MR) is 112 cm³/mol. The summed E-state index contributed by atoms with van der Waals surface area (Å²) in [5.41, 5.74) is 5.57. The van der Waals surface area contributed by atoms with Crippen molar-refractivity contribution in [1.29, 1.82) is 0 Å². The highest BCUT2D eigenvalue weighted by atomic mass is 15.2. The van der Waals surface area contributed by atoms with Crippen molar-refractivity contribution in [3.63, 3.8) is 0 Å². The van der Waals surface area contributed by atoms with Gasteiger partial charge in [-0.05, 0) is 62.0 Å². The molecule has 3 aromatic rings. The second-order valence-electron chi connectivity index (χ2n) is 7.59. The van der Waals surface area contributed by atoms with Gasteiger partial charge in [-0.1, -0.05) is 6.07 Å². The van der Waals surface area contributed by atoms with Gasteiger partial charge in [0.25, 0.3) is 0 Å². The lowest BCUT2D eigenvalue weighted by Crippen LogP contribution is -2.14. The summed E-state index contributed by atoms with van der Waals surface area (Å²) in [5.74, 6) is 3.03. The lowest BCUT2D eigenvalue weighted by Gasteiger charge is -2.16. The van der Waals surface area contributed by atoms with Crippen molar-refractivity contribution < 1.29 is 0 Å². The van der Waals surface area contributed by atoms with Crippen LogP contribution in [0, 0.1) is 12.8 Å². The molecule has 0 radical (unpaired) electrons. The molecule has 1 atom stereocenters. The van der Waals surface area contributed by atoms with Gasteiger partial charge >= 0.3 is 0 Å². The fourth-order valence-electron chi connectivity index (χ4n) is 3.48. The molecule has 7 heteroatoms. The standard InChI is InChI=1S/C21H23N7/c1-12-9-23-21(26-13(2)15-5-6-17-18(7-15)25-11-24-17)28-20(12)27-19-8-16(10-22-19)14-3-4-14/h5-9,11,13-14H,3-4,10H2,1-2H3,(H,24,25)(H2,22,23,26,27,28)/t13-/m0/s1. The van der Waals surface area contributed by atoms with Crippen molar-refractivity contribution in [3.05, 3.63) is 53.5 Å². The Morgan fingerprint density at radius 3 is 2.96 bits per heavy atom. The van der Waals surface area contributed by atoms with Crippen LogP contribution in [0.2, 0.25) is 0 Å². The van der Waals surface area contributed by atoms with E-state index in [0.29, 0.717) is 5.95 Å². The van der Waals surface area contributed by atoms with Crippen LogP contribution in [-0.4, -0.2) is 32.3 Å². The number of H-pyrrole nitrogens is 1. The monoisotopic (exact) mass is 373 g/mol. The molecule has 142 valence electrons. The molecule has 1 aliphatic heterocycles. The molecule has 0 amide bonds. The van der Waals surface area contributed by atoms with E-state index in [0.717, 1.165) is 46.3 Å². The summed E-state index contributed by atoms with van der Waals surface area (Å²) < 4.78 is 0. The first-order chi connectivity index (χ1) is 13.7. The number of hydrogen-bond acceptors (Lipinski definition) is 6. The number of benzene rings is 1. The van der Waals surface area contributed by atoms with Crippen LogP contribution in [0.3, 0.4) is 0 Å². The predicted octanol–water partition coefficient (Wildman–Crippen LogP) is 3.99. The fourth-order valence-corrected chi connectivity index (χ4v) is 3.48. The average molecular weight is 373 g/mol. The Kier molecular flexibility index (Phi) is 4.07. The Bertz CT molecular complexity index is 1090. The first-order valence-corrected chi connectivity index (χ1v) is 9.71. The summed E-state index contributed by atoms with van der Waals surface area (Å²) in [6, 6.07) is 6.26. The Morgan fingerprint density at radius 1 is 1.21 bits per heavy atom. The third-order valence-corrected chi connectivity index (χ3v) is 5.36. The number of nitrogens with zero attached hydrogens (tertiary/aromatic N) is 4. The van der Waals surface area contributed by atoms with E-state index in [1.54, 1.807) is 6.33 Å². The summed E-state index contributed by atoms with van der Waals surface area (Å²) in [7, 11) is 0. The van der Waals surface area contributed by atoms with Crippen molar-refractivity contribution >= 4 is 28.6 Å². The first-order valence-electron chi connectivity index (χ1n) is 9.71. The Morgan fingerprint density at radius 2 is 2.11 bits per heavy atom. The van der Waals surface area contributed by atoms with E-state index in [1.165, 1.54) is 18.4 Å². The molecule has 7 nitrogen and oxygen atoms in total. The van der Waals surface area contributed by atoms with E-state index in [1.807, 2.05) is 19.2 Å². The van der Waals surface area contributed by atoms with Crippen molar-refractivity contribution in [2.75, 3.05) is 17.2 Å². The highest BCUT2D eigenvalue weighted by Crippen LogP contribution is 2.37. The van der Waals surface area contributed by atoms with Gasteiger partial charge in [-0.2, -0.15) is 4.98 Å². The van der Waals surface area contributed by atoms with Gasteiger partial charge in [0.15, 0.2) is 0 Å². The van der Waals surface area contributed by atoms with Crippen LogP contribution in [0.15, 0.2) is 47.4 Å². The number of aromatic nitrogens is 4. The maximum atomic E-state index is 4.68. The number of amidine groups is 1. The second kappa shape index (κ2) is 6.74. The summed E-state index contributed by atoms with van der Waals surface area (Å²) in [6.45, 7) is 4.91. The number of imidazole rings is 1. The quantitative estimate of drug-likeness (QED) is 0.629. The number of aliphatic imine (C=N–C) groups is 1. The molecule has 0 spiro atoms. The van der Waals surface area contributed by atoms with Gasteiger partial charge in [0, 0.05) is 11.8 Å². The minimum Gasteiger partial charge on any atom is -0.348 e. The molecule has 28 heavy (non-hydrogen) atoms. The van der Waals surface area contributed by atoms with E-state index >= 15 is 0 Å². The topological polar surface area (TPSA) is 90.9 Å². The summed E-state index contributed by atoms with van der Waals surface area (Å²) in [4.78, 5) is 21.1. The zero-order valence-corrected chi connectivity index (χ0v) is 16.0. The van der Waals surface area contributed by atoms with Crippen LogP contribution in [0.1, 0.15) is 36.9 Å². The van der Waals surface area contributed by atoms with Crippen LogP contribution >= 0.6 is 0 Å². The largest absolute Gasteiger partial charge is 0.348 e. The van der Waals surface area contributed by atoms with Crippen LogP contribution in [0.25, 0.3) is 11.0 Å². The second-order valence-corrected chi connectivity index (χ2v) is 7.59. The molecule has 3 heterocycles. The zero-order chi connectivity index (χ0) is 19.1. The molecular formula is C21H23N7. The molecular weight excluding hydrogens is 350 g/mol. The summed E-state index contributed by atoms with van der Waals surface area (Å²) in [5, 5.41) is 6.76. The fraction of sp³-hybridized carbons (Fsp3) is 0.333. The van der Waals surface area contributed by atoms with Gasteiger partial charge in [-0.3, -0.25) is 4.99 Å². The number of aromatic amines is 1. The van der Waals surface area contributed by atoms with Gasteiger partial charge in [-0.15, -0.1) is 0 Å². The minimum atomic E-state index is 0.0634. The maximum Gasteiger partial charge on any atom is 0.225 e. The normalized spacial score (nSPS) is 17.4. The first kappa shape index (κ1) is 16.9. The minimum absolute atomic E-state index is 0.0634. The molecule has 0 unspecified atom stereocenters. The number of nitrogens with one attached hydrogen (secondary N) is 3. The lowest BCUT2D eigenvalue weighted by molar-refractivity contribution is 0.861. The van der Waals surface area contributed by atoms with Gasteiger partial charge in [0.1, 0.15) is 11.7 Å². The molecule has 1 fully saturated rings. The summed E-state index contributed by atoms with van der Waals surface area (Å²) in [6.07, 6.45) is 8.33. The van der Waals surface area contributed by atoms with Gasteiger partial charge in [0.2, 0.25) is 5.95 Å². The Balaban J connectivity index is 1.32. The van der Waals surface area contributed by atoms with Gasteiger partial charge in [0.05, 0.1) is 29.9 Å². The number of anilines is 2. The molecule has 2 aliphatic rings. The highest BCUT2D eigenvalue weighted by Gasteiger charge is 2.28. The lowest BCUT2D eigenvalue weighted by atomic mass is 10.1. The van der Waals surface area contributed by atoms with Crippen molar-refractivity contribution in [2.24, 2.45) is 10.9 Å². The average Bonchev–Trinajstić information content (AvgIpc) is 3.25. The molecule has 2 aromatic heterocycles. The third kappa shape index (κ3) is 3.35. The highest BCUT2D eigenvalue weighted by molar-refractivity contribution is 6.05. The van der Waals surface area contributed by atoms with E-state index in [4.69, 9.17) is 0 Å². The van der Waals surface area contributed by atoms with Gasteiger partial charge < -0.3 is 15.6 Å². The molecule has 0 bridgehead atoms. The van der Waals surface area contributed by atoms with Crippen molar-refractivity contribution in [3.8, 4) is 0 Å². The number of rotatable bonds is 5. The molecule has 0 saturated heterocycles. The van der Waals surface area contributed by atoms with E-state index in [-0.39, 0.29) is 6.04 Å². The third-order valence-electron chi connectivity index (χ3n) is 5.36. The Labute approximate surface area is 163 Å². The number of hydrogen-bond donors (Lipinski definition) is 3. The van der Waals surface area contributed by atoms with Crippen LogP contribution in [-0.2, 0) is 0 Å². The molecule has 5 rings (SSSR count). The van der Waals surface area contributed by atoms with E-state index in [2.05, 4.69) is 60.7 Å². The number of fused-ring (bicyclic) bond motifs is 1.